The highest BCUT2D eigenvalue weighted by Crippen LogP contribution is 2.40. The summed E-state index contributed by atoms with van der Waals surface area (Å²) in [5.74, 6) is 0.296. The van der Waals surface area contributed by atoms with Gasteiger partial charge in [0.05, 0.1) is 11.4 Å². The third kappa shape index (κ3) is 2.70. The van der Waals surface area contributed by atoms with Crippen molar-refractivity contribution in [2.24, 2.45) is 14.1 Å². The SMILES string of the molecule is Cn1cc(NS(=O)(=O)c2cc(C3CC3)nn2C)c(C(F)F)n1. The van der Waals surface area contributed by atoms with Gasteiger partial charge in [-0.15, -0.1) is 0 Å². The van der Waals surface area contributed by atoms with E-state index < -0.39 is 22.1 Å². The molecular formula is C12H15F2N5O2S. The molecular weight excluding hydrogens is 316 g/mol. The number of alkyl halides is 2. The Labute approximate surface area is 126 Å². The van der Waals surface area contributed by atoms with Gasteiger partial charge in [0.1, 0.15) is 0 Å². The molecule has 0 amide bonds. The van der Waals surface area contributed by atoms with E-state index in [4.69, 9.17) is 0 Å². The highest BCUT2D eigenvalue weighted by molar-refractivity contribution is 7.92. The standard InChI is InChI=1S/C12H15F2N5O2S/c1-18-6-9(11(16-18)12(13)14)17-22(20,21)10-5-8(7-3-4-7)15-19(10)2/h5-7,12,17H,3-4H2,1-2H3. The van der Waals surface area contributed by atoms with Crippen LogP contribution in [0.4, 0.5) is 14.5 Å². The predicted octanol–water partition coefficient (Wildman–Crippen LogP) is 1.77. The van der Waals surface area contributed by atoms with E-state index in [-0.39, 0.29) is 10.7 Å². The Bertz CT molecular complexity index is 808. The van der Waals surface area contributed by atoms with E-state index in [2.05, 4.69) is 14.9 Å². The number of aromatic nitrogens is 4. The molecule has 0 atom stereocenters. The minimum atomic E-state index is -4.01. The predicted molar refractivity (Wildman–Crippen MR) is 74.2 cm³/mol. The Morgan fingerprint density at radius 3 is 2.59 bits per heavy atom. The number of anilines is 1. The number of sulfonamides is 1. The Morgan fingerprint density at radius 1 is 1.32 bits per heavy atom. The van der Waals surface area contributed by atoms with E-state index in [0.29, 0.717) is 11.6 Å². The van der Waals surface area contributed by atoms with E-state index in [1.54, 1.807) is 0 Å². The fourth-order valence-corrected chi connectivity index (χ4v) is 3.46. The van der Waals surface area contributed by atoms with Gasteiger partial charge in [0.15, 0.2) is 10.7 Å². The average Bonchev–Trinajstić information content (AvgIpc) is 3.08. The first kappa shape index (κ1) is 14.9. The lowest BCUT2D eigenvalue weighted by molar-refractivity contribution is 0.146. The zero-order chi connectivity index (χ0) is 16.1. The summed E-state index contributed by atoms with van der Waals surface area (Å²) in [6.45, 7) is 0. The van der Waals surface area contributed by atoms with Gasteiger partial charge < -0.3 is 0 Å². The summed E-state index contributed by atoms with van der Waals surface area (Å²) < 4.78 is 55.1. The largest absolute Gasteiger partial charge is 0.284 e. The maximum Gasteiger partial charge on any atom is 0.284 e. The molecule has 0 bridgehead atoms. The summed E-state index contributed by atoms with van der Waals surface area (Å²) in [4.78, 5) is 0. The number of hydrogen-bond donors (Lipinski definition) is 1. The number of rotatable bonds is 5. The molecule has 1 aliphatic carbocycles. The highest BCUT2D eigenvalue weighted by Gasteiger charge is 2.30. The summed E-state index contributed by atoms with van der Waals surface area (Å²) in [6, 6.07) is 1.48. The van der Waals surface area contributed by atoms with E-state index >= 15 is 0 Å². The van der Waals surface area contributed by atoms with Gasteiger partial charge in [-0.2, -0.15) is 18.6 Å². The molecule has 0 saturated heterocycles. The van der Waals surface area contributed by atoms with Crippen molar-refractivity contribution in [3.05, 3.63) is 23.7 Å². The van der Waals surface area contributed by atoms with Gasteiger partial charge in [0.25, 0.3) is 16.4 Å². The molecule has 0 radical (unpaired) electrons. The molecule has 3 rings (SSSR count). The summed E-state index contributed by atoms with van der Waals surface area (Å²) in [7, 11) is -1.05. The third-order valence-corrected chi connectivity index (χ3v) is 4.86. The van der Waals surface area contributed by atoms with Gasteiger partial charge in [0, 0.05) is 32.3 Å². The van der Waals surface area contributed by atoms with Crippen molar-refractivity contribution >= 4 is 15.7 Å². The number of nitrogens with zero attached hydrogens (tertiary/aromatic N) is 4. The summed E-state index contributed by atoms with van der Waals surface area (Å²) in [5.41, 5.74) is -0.120. The number of nitrogens with one attached hydrogen (secondary N) is 1. The Kier molecular flexibility index (Phi) is 3.42. The average molecular weight is 331 g/mol. The van der Waals surface area contributed by atoms with E-state index in [1.165, 1.54) is 31.0 Å². The Hall–Kier alpha value is -1.97. The fourth-order valence-electron chi connectivity index (χ4n) is 2.24. The van der Waals surface area contributed by atoms with Gasteiger partial charge >= 0.3 is 0 Å². The van der Waals surface area contributed by atoms with E-state index in [9.17, 15) is 17.2 Å². The van der Waals surface area contributed by atoms with Crippen LogP contribution in [0.5, 0.6) is 0 Å². The van der Waals surface area contributed by atoms with Crippen LogP contribution in [-0.4, -0.2) is 28.0 Å². The van der Waals surface area contributed by atoms with Crippen molar-refractivity contribution in [3.63, 3.8) is 0 Å². The summed E-state index contributed by atoms with van der Waals surface area (Å²) in [5, 5.41) is 7.69. The van der Waals surface area contributed by atoms with Crippen LogP contribution in [-0.2, 0) is 24.1 Å². The first-order chi connectivity index (χ1) is 10.3. The van der Waals surface area contributed by atoms with Crippen molar-refractivity contribution < 1.29 is 17.2 Å². The van der Waals surface area contributed by atoms with Crippen LogP contribution in [0.1, 0.15) is 36.6 Å². The second-order valence-electron chi connectivity index (χ2n) is 5.31. The lowest BCUT2D eigenvalue weighted by Gasteiger charge is -2.07. The maximum absolute atomic E-state index is 12.9. The second-order valence-corrected chi connectivity index (χ2v) is 6.94. The van der Waals surface area contributed by atoms with Crippen molar-refractivity contribution in [1.29, 1.82) is 0 Å². The monoisotopic (exact) mass is 331 g/mol. The van der Waals surface area contributed by atoms with Gasteiger partial charge in [0.2, 0.25) is 0 Å². The Morgan fingerprint density at radius 2 is 2.00 bits per heavy atom. The molecule has 0 spiro atoms. The maximum atomic E-state index is 12.9. The van der Waals surface area contributed by atoms with Gasteiger partial charge in [-0.1, -0.05) is 0 Å². The van der Waals surface area contributed by atoms with Crippen LogP contribution in [0.15, 0.2) is 17.3 Å². The molecule has 1 N–H and O–H groups in total. The molecule has 0 aliphatic heterocycles. The topological polar surface area (TPSA) is 81.8 Å². The summed E-state index contributed by atoms with van der Waals surface area (Å²) >= 11 is 0. The van der Waals surface area contributed by atoms with Gasteiger partial charge in [-0.3, -0.25) is 14.1 Å². The smallest absolute Gasteiger partial charge is 0.275 e. The normalized spacial score (nSPS) is 15.5. The van der Waals surface area contributed by atoms with E-state index in [1.807, 2.05) is 0 Å². The van der Waals surface area contributed by atoms with Crippen molar-refractivity contribution in [2.75, 3.05) is 4.72 Å². The molecule has 7 nitrogen and oxygen atoms in total. The van der Waals surface area contributed by atoms with Crippen LogP contribution >= 0.6 is 0 Å². The molecule has 1 fully saturated rings. The molecule has 2 aromatic heterocycles. The molecule has 1 aliphatic rings. The minimum absolute atomic E-state index is 0.0570. The quantitative estimate of drug-likeness (QED) is 0.905. The minimum Gasteiger partial charge on any atom is -0.275 e. The number of aryl methyl sites for hydroxylation is 2. The molecule has 1 saturated carbocycles. The molecule has 10 heteroatoms. The van der Waals surface area contributed by atoms with Gasteiger partial charge in [-0.25, -0.2) is 8.78 Å². The number of hydrogen-bond acceptors (Lipinski definition) is 4. The second kappa shape index (κ2) is 5.04. The zero-order valence-corrected chi connectivity index (χ0v) is 12.8. The molecule has 120 valence electrons. The zero-order valence-electron chi connectivity index (χ0n) is 12.0. The van der Waals surface area contributed by atoms with Crippen LogP contribution in [0.2, 0.25) is 0 Å². The first-order valence-electron chi connectivity index (χ1n) is 6.66. The third-order valence-electron chi connectivity index (χ3n) is 3.44. The van der Waals surface area contributed by atoms with E-state index in [0.717, 1.165) is 17.5 Å². The Balaban J connectivity index is 1.94. The lowest BCUT2D eigenvalue weighted by Crippen LogP contribution is -2.17. The molecule has 0 aromatic carbocycles. The highest BCUT2D eigenvalue weighted by atomic mass is 32.2. The first-order valence-corrected chi connectivity index (χ1v) is 8.14. The number of halogens is 2. The lowest BCUT2D eigenvalue weighted by atomic mass is 10.3. The fraction of sp³-hybridized carbons (Fsp3) is 0.500. The van der Waals surface area contributed by atoms with Crippen LogP contribution in [0.3, 0.4) is 0 Å². The molecule has 2 heterocycles. The molecule has 22 heavy (non-hydrogen) atoms. The van der Waals surface area contributed by atoms with Crippen LogP contribution in [0.25, 0.3) is 0 Å². The van der Waals surface area contributed by atoms with Crippen molar-refractivity contribution in [1.82, 2.24) is 19.6 Å². The van der Waals surface area contributed by atoms with Crippen LogP contribution in [0, 0.1) is 0 Å². The van der Waals surface area contributed by atoms with Crippen molar-refractivity contribution in [3.8, 4) is 0 Å². The molecule has 2 aromatic rings. The van der Waals surface area contributed by atoms with Crippen molar-refractivity contribution in [2.45, 2.75) is 30.2 Å². The van der Waals surface area contributed by atoms with Crippen LogP contribution < -0.4 is 4.72 Å². The summed E-state index contributed by atoms with van der Waals surface area (Å²) in [6.07, 6.45) is 0.314. The van der Waals surface area contributed by atoms with Gasteiger partial charge in [-0.05, 0) is 12.8 Å². The molecule has 0 unspecified atom stereocenters.